The molecule has 0 amide bonds. The van der Waals surface area contributed by atoms with Crippen LogP contribution >= 0.6 is 15.9 Å². The third-order valence-electron chi connectivity index (χ3n) is 4.79. The Balaban J connectivity index is 2.17. The molecule has 1 saturated carbocycles. The summed E-state index contributed by atoms with van der Waals surface area (Å²) in [7, 11) is 6.65. The number of hydrogen-bond donors (Lipinski definition) is 1. The van der Waals surface area contributed by atoms with Gasteiger partial charge in [-0.15, -0.1) is 0 Å². The Kier molecular flexibility index (Phi) is 5.69. The largest absolute Gasteiger partial charge is 0.372 e. The number of anilines is 1. The maximum atomic E-state index is 3.61. The van der Waals surface area contributed by atoms with Crippen molar-refractivity contribution < 1.29 is 0 Å². The van der Waals surface area contributed by atoms with Crippen LogP contribution < -0.4 is 10.2 Å². The van der Waals surface area contributed by atoms with Crippen LogP contribution in [0.5, 0.6) is 0 Å². The lowest BCUT2D eigenvalue weighted by atomic mass is 9.75. The van der Waals surface area contributed by atoms with Crippen LogP contribution in [0.25, 0.3) is 0 Å². The Morgan fingerprint density at radius 1 is 1.24 bits per heavy atom. The molecular weight excluding hydrogens is 326 g/mol. The quantitative estimate of drug-likeness (QED) is 0.809. The number of nitrogens with zero attached hydrogens (tertiary/aromatic N) is 2. The molecule has 0 saturated heterocycles. The highest BCUT2D eigenvalue weighted by Gasteiger charge is 2.40. The molecule has 21 heavy (non-hydrogen) atoms. The fourth-order valence-electron chi connectivity index (χ4n) is 3.16. The van der Waals surface area contributed by atoms with Gasteiger partial charge in [-0.05, 0) is 57.6 Å². The molecule has 0 unspecified atom stereocenters. The van der Waals surface area contributed by atoms with E-state index in [1.54, 1.807) is 0 Å². The second-order valence-corrected chi connectivity index (χ2v) is 7.30. The summed E-state index contributed by atoms with van der Waals surface area (Å²) in [6.45, 7) is 5.17. The highest BCUT2D eigenvalue weighted by Crippen LogP contribution is 2.38. The monoisotopic (exact) mass is 353 g/mol. The van der Waals surface area contributed by atoms with Crippen LogP contribution in [-0.2, 0) is 6.54 Å². The lowest BCUT2D eigenvalue weighted by Crippen LogP contribution is -2.56. The fraction of sp³-hybridized carbons (Fsp3) is 0.647. The zero-order valence-electron chi connectivity index (χ0n) is 13.7. The van der Waals surface area contributed by atoms with Gasteiger partial charge < -0.3 is 15.1 Å². The number of hydrogen-bond acceptors (Lipinski definition) is 3. The SMILES string of the molecule is CCNCc1ccc(Br)cc1N(C)CC1(N(C)C)CCC1. The molecule has 0 spiro atoms. The fourth-order valence-corrected chi connectivity index (χ4v) is 3.51. The normalized spacial score (nSPS) is 16.9. The van der Waals surface area contributed by atoms with Crippen molar-refractivity contribution >= 4 is 21.6 Å². The topological polar surface area (TPSA) is 18.5 Å². The van der Waals surface area contributed by atoms with Gasteiger partial charge >= 0.3 is 0 Å². The summed E-state index contributed by atoms with van der Waals surface area (Å²) in [6.07, 6.45) is 3.97. The van der Waals surface area contributed by atoms with E-state index in [0.717, 1.165) is 24.1 Å². The van der Waals surface area contributed by atoms with Crippen LogP contribution in [0.2, 0.25) is 0 Å². The Bertz CT molecular complexity index is 469. The van der Waals surface area contributed by atoms with E-state index in [4.69, 9.17) is 0 Å². The van der Waals surface area contributed by atoms with E-state index in [2.05, 4.69) is 77.3 Å². The van der Waals surface area contributed by atoms with Gasteiger partial charge in [0, 0.05) is 35.8 Å². The van der Waals surface area contributed by atoms with E-state index in [0.29, 0.717) is 5.54 Å². The van der Waals surface area contributed by atoms with Gasteiger partial charge in [-0.25, -0.2) is 0 Å². The zero-order valence-corrected chi connectivity index (χ0v) is 15.3. The molecule has 1 aliphatic rings. The highest BCUT2D eigenvalue weighted by atomic mass is 79.9. The summed E-state index contributed by atoms with van der Waals surface area (Å²) in [5.74, 6) is 0. The van der Waals surface area contributed by atoms with Crippen LogP contribution in [0.1, 0.15) is 31.7 Å². The van der Waals surface area contributed by atoms with E-state index in [-0.39, 0.29) is 0 Å². The Morgan fingerprint density at radius 2 is 1.95 bits per heavy atom. The van der Waals surface area contributed by atoms with Gasteiger partial charge in [0.25, 0.3) is 0 Å². The van der Waals surface area contributed by atoms with Crippen LogP contribution in [-0.4, -0.2) is 44.7 Å². The van der Waals surface area contributed by atoms with Crippen molar-refractivity contribution in [3.8, 4) is 0 Å². The molecule has 1 aliphatic carbocycles. The number of likely N-dealkylation sites (N-methyl/N-ethyl adjacent to an activating group) is 2. The van der Waals surface area contributed by atoms with Crippen molar-refractivity contribution in [1.82, 2.24) is 10.2 Å². The zero-order chi connectivity index (χ0) is 15.5. The molecule has 0 heterocycles. The summed E-state index contributed by atoms with van der Waals surface area (Å²) in [6, 6.07) is 6.60. The molecule has 0 aliphatic heterocycles. The molecule has 0 radical (unpaired) electrons. The minimum Gasteiger partial charge on any atom is -0.372 e. The average molecular weight is 354 g/mol. The first-order chi connectivity index (χ1) is 9.98. The van der Waals surface area contributed by atoms with Crippen LogP contribution in [0.4, 0.5) is 5.69 Å². The average Bonchev–Trinajstić information content (AvgIpc) is 2.40. The van der Waals surface area contributed by atoms with E-state index in [1.165, 1.54) is 30.5 Å². The molecule has 0 bridgehead atoms. The highest BCUT2D eigenvalue weighted by molar-refractivity contribution is 9.10. The predicted molar refractivity (Wildman–Crippen MR) is 95.1 cm³/mol. The van der Waals surface area contributed by atoms with Gasteiger partial charge in [-0.2, -0.15) is 0 Å². The van der Waals surface area contributed by atoms with Crippen LogP contribution in [0.3, 0.4) is 0 Å². The number of rotatable bonds is 7. The lowest BCUT2D eigenvalue weighted by molar-refractivity contribution is 0.0683. The predicted octanol–water partition coefficient (Wildman–Crippen LogP) is 3.48. The number of benzene rings is 1. The van der Waals surface area contributed by atoms with Crippen molar-refractivity contribution in [2.75, 3.05) is 39.1 Å². The lowest BCUT2D eigenvalue weighted by Gasteiger charge is -2.49. The molecular formula is C17H28BrN3. The second-order valence-electron chi connectivity index (χ2n) is 6.38. The summed E-state index contributed by atoms with van der Waals surface area (Å²) >= 11 is 3.61. The third-order valence-corrected chi connectivity index (χ3v) is 5.28. The van der Waals surface area contributed by atoms with Gasteiger partial charge in [0.2, 0.25) is 0 Å². The Hall–Kier alpha value is -0.580. The van der Waals surface area contributed by atoms with E-state index in [1.807, 2.05) is 0 Å². The maximum Gasteiger partial charge on any atom is 0.0421 e. The third kappa shape index (κ3) is 3.79. The first kappa shape index (κ1) is 16.8. The molecule has 0 aromatic heterocycles. The molecule has 1 aromatic rings. The summed E-state index contributed by atoms with van der Waals surface area (Å²) in [4.78, 5) is 4.84. The molecule has 3 nitrogen and oxygen atoms in total. The first-order valence-electron chi connectivity index (χ1n) is 7.86. The first-order valence-corrected chi connectivity index (χ1v) is 8.65. The summed E-state index contributed by atoms with van der Waals surface area (Å²) in [5, 5.41) is 3.44. The van der Waals surface area contributed by atoms with Crippen molar-refractivity contribution in [2.24, 2.45) is 0 Å². The van der Waals surface area contributed by atoms with Crippen molar-refractivity contribution in [3.63, 3.8) is 0 Å². The molecule has 0 atom stereocenters. The molecule has 2 rings (SSSR count). The minimum atomic E-state index is 0.354. The Morgan fingerprint density at radius 3 is 2.48 bits per heavy atom. The van der Waals surface area contributed by atoms with Gasteiger partial charge in [0.05, 0.1) is 0 Å². The van der Waals surface area contributed by atoms with E-state index >= 15 is 0 Å². The molecule has 118 valence electrons. The molecule has 4 heteroatoms. The molecule has 1 fully saturated rings. The van der Waals surface area contributed by atoms with Crippen LogP contribution in [0, 0.1) is 0 Å². The van der Waals surface area contributed by atoms with Gasteiger partial charge in [-0.1, -0.05) is 28.9 Å². The van der Waals surface area contributed by atoms with E-state index < -0.39 is 0 Å². The maximum absolute atomic E-state index is 3.61. The van der Waals surface area contributed by atoms with Crippen molar-refractivity contribution in [1.29, 1.82) is 0 Å². The minimum absolute atomic E-state index is 0.354. The standard InChI is InChI=1S/C17H28BrN3/c1-5-19-12-14-7-8-15(18)11-16(14)21(4)13-17(20(2)3)9-6-10-17/h7-8,11,19H,5-6,9-10,12-13H2,1-4H3. The van der Waals surface area contributed by atoms with Gasteiger partial charge in [-0.3, -0.25) is 0 Å². The second kappa shape index (κ2) is 7.12. The van der Waals surface area contributed by atoms with Crippen molar-refractivity contribution in [2.45, 2.75) is 38.3 Å². The van der Waals surface area contributed by atoms with Gasteiger partial charge in [0.1, 0.15) is 0 Å². The van der Waals surface area contributed by atoms with E-state index in [9.17, 15) is 0 Å². The Labute approximate surface area is 137 Å². The summed E-state index contributed by atoms with van der Waals surface area (Å²) < 4.78 is 1.15. The number of halogens is 1. The van der Waals surface area contributed by atoms with Crippen molar-refractivity contribution in [3.05, 3.63) is 28.2 Å². The molecule has 1 aromatic carbocycles. The van der Waals surface area contributed by atoms with Gasteiger partial charge in [0.15, 0.2) is 0 Å². The van der Waals surface area contributed by atoms with Crippen LogP contribution in [0.15, 0.2) is 22.7 Å². The number of nitrogens with one attached hydrogen (secondary N) is 1. The smallest absolute Gasteiger partial charge is 0.0421 e. The molecule has 1 N–H and O–H groups in total. The summed E-state index contributed by atoms with van der Waals surface area (Å²) in [5.41, 5.74) is 3.06.